The summed E-state index contributed by atoms with van der Waals surface area (Å²) in [7, 11) is 0. The van der Waals surface area contributed by atoms with Gasteiger partial charge in [-0.1, -0.05) is 18.2 Å². The quantitative estimate of drug-likeness (QED) is 0.884. The van der Waals surface area contributed by atoms with Gasteiger partial charge >= 0.3 is 5.97 Å². The molecule has 0 saturated heterocycles. The summed E-state index contributed by atoms with van der Waals surface area (Å²) in [6.45, 7) is 1.83. The van der Waals surface area contributed by atoms with Gasteiger partial charge in [0.1, 0.15) is 5.69 Å². The van der Waals surface area contributed by atoms with Gasteiger partial charge in [0.15, 0.2) is 0 Å². The highest BCUT2D eigenvalue weighted by atomic mass is 16.4. The first kappa shape index (κ1) is 14.7. The van der Waals surface area contributed by atoms with Crippen LogP contribution in [0.4, 0.5) is 5.69 Å². The molecule has 5 nitrogen and oxygen atoms in total. The Morgan fingerprint density at radius 3 is 2.52 bits per heavy atom. The molecule has 2 N–H and O–H groups in total. The van der Waals surface area contributed by atoms with Gasteiger partial charge in [0.25, 0.3) is 5.91 Å². The molecule has 0 saturated carbocycles. The highest BCUT2D eigenvalue weighted by Crippen LogP contribution is 2.13. The second-order valence-corrected chi connectivity index (χ2v) is 4.71. The summed E-state index contributed by atoms with van der Waals surface area (Å²) < 4.78 is 0. The van der Waals surface area contributed by atoms with Gasteiger partial charge in [-0.05, 0) is 42.7 Å². The molecule has 0 spiro atoms. The van der Waals surface area contributed by atoms with Crippen LogP contribution in [0, 0.1) is 6.92 Å². The van der Waals surface area contributed by atoms with Crippen molar-refractivity contribution >= 4 is 17.6 Å². The van der Waals surface area contributed by atoms with Crippen molar-refractivity contribution in [1.29, 1.82) is 0 Å². The van der Waals surface area contributed by atoms with E-state index in [2.05, 4.69) is 10.3 Å². The molecule has 2 aromatic rings. The Bertz CT molecular complexity index is 651. The van der Waals surface area contributed by atoms with E-state index < -0.39 is 5.97 Å². The fourth-order valence-corrected chi connectivity index (χ4v) is 1.92. The third-order valence-electron chi connectivity index (χ3n) is 3.06. The number of carboxylic acids is 1. The van der Waals surface area contributed by atoms with E-state index in [0.29, 0.717) is 17.8 Å². The normalized spacial score (nSPS) is 10.1. The summed E-state index contributed by atoms with van der Waals surface area (Å²) in [5.41, 5.74) is 2.79. The van der Waals surface area contributed by atoms with Crippen molar-refractivity contribution < 1.29 is 14.7 Å². The average Bonchev–Trinajstić information content (AvgIpc) is 2.47. The van der Waals surface area contributed by atoms with Crippen molar-refractivity contribution in [2.45, 2.75) is 19.8 Å². The molecule has 1 aromatic heterocycles. The number of amides is 1. The van der Waals surface area contributed by atoms with Crippen molar-refractivity contribution in [3.8, 4) is 0 Å². The second kappa shape index (κ2) is 6.65. The number of carboxylic acid groups (broad SMARTS) is 1. The predicted molar refractivity (Wildman–Crippen MR) is 79.3 cm³/mol. The van der Waals surface area contributed by atoms with Gasteiger partial charge in [-0.25, -0.2) is 0 Å². The summed E-state index contributed by atoms with van der Waals surface area (Å²) in [6.07, 6.45) is 2.15. The van der Waals surface area contributed by atoms with Crippen molar-refractivity contribution in [3.05, 3.63) is 59.4 Å². The zero-order chi connectivity index (χ0) is 15.2. The fraction of sp³-hybridized carbons (Fsp3) is 0.188. The predicted octanol–water partition coefficient (Wildman–Crippen LogP) is 2.66. The molecule has 21 heavy (non-hydrogen) atoms. The van der Waals surface area contributed by atoms with Gasteiger partial charge in [0.2, 0.25) is 0 Å². The topological polar surface area (TPSA) is 79.3 Å². The number of anilines is 1. The molecule has 0 atom stereocenters. The van der Waals surface area contributed by atoms with Gasteiger partial charge in [-0.2, -0.15) is 0 Å². The van der Waals surface area contributed by atoms with E-state index in [9.17, 15) is 9.59 Å². The summed E-state index contributed by atoms with van der Waals surface area (Å²) in [4.78, 5) is 26.7. The molecule has 0 unspecified atom stereocenters. The van der Waals surface area contributed by atoms with Crippen LogP contribution in [0.3, 0.4) is 0 Å². The molecule has 108 valence electrons. The van der Waals surface area contributed by atoms with E-state index in [1.807, 2.05) is 25.1 Å². The number of benzene rings is 1. The number of nitrogens with zero attached hydrogens (tertiary/aromatic N) is 1. The molecule has 0 radical (unpaired) electrons. The minimum absolute atomic E-state index is 0.0961. The number of pyridine rings is 1. The lowest BCUT2D eigenvalue weighted by molar-refractivity contribution is -0.136. The molecule has 0 aliphatic rings. The first-order valence-corrected chi connectivity index (χ1v) is 6.60. The molecule has 2 rings (SSSR count). The Kier molecular flexibility index (Phi) is 4.66. The Hall–Kier alpha value is -2.69. The van der Waals surface area contributed by atoms with Gasteiger partial charge in [0, 0.05) is 18.3 Å². The van der Waals surface area contributed by atoms with Crippen LogP contribution in [-0.4, -0.2) is 22.0 Å². The first-order chi connectivity index (χ1) is 10.1. The van der Waals surface area contributed by atoms with Crippen LogP contribution in [0.1, 0.15) is 28.0 Å². The van der Waals surface area contributed by atoms with E-state index in [-0.39, 0.29) is 12.3 Å². The number of aromatic nitrogens is 1. The summed E-state index contributed by atoms with van der Waals surface area (Å²) in [5, 5.41) is 11.4. The highest BCUT2D eigenvalue weighted by Gasteiger charge is 2.10. The number of nitrogens with one attached hydrogen (secondary N) is 1. The lowest BCUT2D eigenvalue weighted by atomic mass is 10.1. The zero-order valence-corrected chi connectivity index (χ0v) is 11.7. The number of rotatable bonds is 5. The maximum atomic E-state index is 12.1. The Labute approximate surface area is 122 Å². The van der Waals surface area contributed by atoms with Crippen LogP contribution in [0.2, 0.25) is 0 Å². The van der Waals surface area contributed by atoms with Crippen LogP contribution in [0.25, 0.3) is 0 Å². The lowest BCUT2D eigenvalue weighted by Gasteiger charge is -2.07. The van der Waals surface area contributed by atoms with Crippen LogP contribution in [-0.2, 0) is 11.2 Å². The standard InChI is InChI=1S/C16H16N2O3/c1-11-3-2-10-17-15(11)16(21)18-13-7-4-12(5-8-13)6-9-14(19)20/h2-5,7-8,10H,6,9H2,1H3,(H,18,21)(H,19,20). The minimum atomic E-state index is -0.821. The molecule has 0 bridgehead atoms. The van der Waals surface area contributed by atoms with Gasteiger partial charge < -0.3 is 10.4 Å². The van der Waals surface area contributed by atoms with Gasteiger partial charge in [0.05, 0.1) is 0 Å². The molecular formula is C16H16N2O3. The smallest absolute Gasteiger partial charge is 0.303 e. The summed E-state index contributed by atoms with van der Waals surface area (Å²) in [6, 6.07) is 10.7. The lowest BCUT2D eigenvalue weighted by Crippen LogP contribution is -2.15. The maximum Gasteiger partial charge on any atom is 0.303 e. The summed E-state index contributed by atoms with van der Waals surface area (Å²) in [5.74, 6) is -1.08. The first-order valence-electron chi connectivity index (χ1n) is 6.60. The van der Waals surface area contributed by atoms with Crippen LogP contribution in [0.5, 0.6) is 0 Å². The van der Waals surface area contributed by atoms with Crippen LogP contribution in [0.15, 0.2) is 42.6 Å². The number of aryl methyl sites for hydroxylation is 2. The van der Waals surface area contributed by atoms with Crippen molar-refractivity contribution in [3.63, 3.8) is 0 Å². The van der Waals surface area contributed by atoms with E-state index in [0.717, 1.165) is 11.1 Å². The summed E-state index contributed by atoms with van der Waals surface area (Å²) >= 11 is 0. The van der Waals surface area contributed by atoms with Crippen LogP contribution < -0.4 is 5.32 Å². The van der Waals surface area contributed by atoms with Gasteiger partial charge in [-0.3, -0.25) is 14.6 Å². The molecule has 1 aromatic carbocycles. The highest BCUT2D eigenvalue weighted by molar-refractivity contribution is 6.03. The van der Waals surface area contributed by atoms with Crippen molar-refractivity contribution in [2.75, 3.05) is 5.32 Å². The Balaban J connectivity index is 2.02. The molecule has 0 fully saturated rings. The van der Waals surface area contributed by atoms with E-state index >= 15 is 0 Å². The van der Waals surface area contributed by atoms with Crippen molar-refractivity contribution in [2.24, 2.45) is 0 Å². The Morgan fingerprint density at radius 1 is 1.19 bits per heavy atom. The van der Waals surface area contributed by atoms with Crippen LogP contribution >= 0.6 is 0 Å². The second-order valence-electron chi connectivity index (χ2n) is 4.71. The Morgan fingerprint density at radius 2 is 1.90 bits per heavy atom. The third kappa shape index (κ3) is 4.14. The fourth-order valence-electron chi connectivity index (χ4n) is 1.92. The number of hydrogen-bond donors (Lipinski definition) is 2. The van der Waals surface area contributed by atoms with E-state index in [1.165, 1.54) is 0 Å². The maximum absolute atomic E-state index is 12.1. The molecule has 0 aliphatic heterocycles. The van der Waals surface area contributed by atoms with Gasteiger partial charge in [-0.15, -0.1) is 0 Å². The monoisotopic (exact) mass is 284 g/mol. The van der Waals surface area contributed by atoms with Crippen molar-refractivity contribution in [1.82, 2.24) is 4.98 Å². The number of carbonyl (C=O) groups is 2. The molecule has 1 heterocycles. The molecule has 1 amide bonds. The van der Waals surface area contributed by atoms with E-state index in [4.69, 9.17) is 5.11 Å². The minimum Gasteiger partial charge on any atom is -0.481 e. The average molecular weight is 284 g/mol. The molecular weight excluding hydrogens is 268 g/mol. The third-order valence-corrected chi connectivity index (χ3v) is 3.06. The molecule has 0 aliphatic carbocycles. The SMILES string of the molecule is Cc1cccnc1C(=O)Nc1ccc(CCC(=O)O)cc1. The number of carbonyl (C=O) groups excluding carboxylic acids is 1. The number of hydrogen-bond acceptors (Lipinski definition) is 3. The number of aliphatic carboxylic acids is 1. The largest absolute Gasteiger partial charge is 0.481 e. The van der Waals surface area contributed by atoms with E-state index in [1.54, 1.807) is 24.4 Å². The molecule has 5 heteroatoms. The zero-order valence-electron chi connectivity index (χ0n) is 11.7.